The first-order valence-electron chi connectivity index (χ1n) is 4.09. The zero-order valence-electron chi connectivity index (χ0n) is 7.85. The van der Waals surface area contributed by atoms with Crippen LogP contribution in [-0.4, -0.2) is 24.7 Å². The summed E-state index contributed by atoms with van der Waals surface area (Å²) in [5, 5.41) is 6.77. The molecule has 0 saturated heterocycles. The summed E-state index contributed by atoms with van der Waals surface area (Å²) in [4.78, 5) is 8.35. The van der Waals surface area contributed by atoms with Crippen LogP contribution in [0.25, 0.3) is 11.5 Å². The number of aromatic nitrogens is 5. The van der Waals surface area contributed by atoms with E-state index in [1.54, 1.807) is 17.0 Å². The van der Waals surface area contributed by atoms with Crippen LogP contribution in [0.4, 0.5) is 0 Å². The monoisotopic (exact) mass is 207 g/mol. The van der Waals surface area contributed by atoms with Gasteiger partial charge in [0.2, 0.25) is 0 Å². The van der Waals surface area contributed by atoms with Crippen LogP contribution in [0.3, 0.4) is 0 Å². The fraction of sp³-hybridized carbons (Fsp3) is 0.250. The molecular formula is C8H9N5S. The van der Waals surface area contributed by atoms with Crippen molar-refractivity contribution in [3.05, 3.63) is 22.9 Å². The highest BCUT2D eigenvalue weighted by atomic mass is 32.1. The fourth-order valence-electron chi connectivity index (χ4n) is 1.15. The van der Waals surface area contributed by atoms with Gasteiger partial charge in [0.25, 0.3) is 0 Å². The predicted octanol–water partition coefficient (Wildman–Crippen LogP) is 1.24. The molecule has 0 bridgehead atoms. The molecule has 0 aliphatic rings. The van der Waals surface area contributed by atoms with E-state index < -0.39 is 0 Å². The van der Waals surface area contributed by atoms with E-state index in [2.05, 4.69) is 20.2 Å². The van der Waals surface area contributed by atoms with Crippen molar-refractivity contribution in [3.63, 3.8) is 0 Å². The maximum atomic E-state index is 5.00. The van der Waals surface area contributed by atoms with E-state index in [-0.39, 0.29) is 0 Å². The summed E-state index contributed by atoms with van der Waals surface area (Å²) in [5.74, 6) is 0.700. The summed E-state index contributed by atoms with van der Waals surface area (Å²) in [6, 6.07) is 0. The van der Waals surface area contributed by atoms with E-state index in [0.29, 0.717) is 10.6 Å². The highest BCUT2D eigenvalue weighted by Gasteiger charge is 2.06. The van der Waals surface area contributed by atoms with Crippen molar-refractivity contribution in [2.75, 3.05) is 0 Å². The molecule has 0 amide bonds. The largest absolute Gasteiger partial charge is 0.302 e. The standard InChI is InChI=1S/C8H9N5S/c1-5-3-9-4-6(10-5)7-11-12-8(14)13(7)2/h3-4H,1-2H3,(H,12,14). The number of hydrogen-bond donors (Lipinski definition) is 1. The van der Waals surface area contributed by atoms with E-state index in [0.717, 1.165) is 11.4 Å². The topological polar surface area (TPSA) is 59.4 Å². The third kappa shape index (κ3) is 1.44. The van der Waals surface area contributed by atoms with Gasteiger partial charge in [-0.15, -0.1) is 0 Å². The Morgan fingerprint density at radius 1 is 1.43 bits per heavy atom. The number of nitrogens with zero attached hydrogens (tertiary/aromatic N) is 4. The molecule has 14 heavy (non-hydrogen) atoms. The van der Waals surface area contributed by atoms with Crippen LogP contribution in [-0.2, 0) is 7.05 Å². The summed E-state index contributed by atoms with van der Waals surface area (Å²) in [5.41, 5.74) is 1.58. The summed E-state index contributed by atoms with van der Waals surface area (Å²) in [7, 11) is 1.84. The zero-order chi connectivity index (χ0) is 10.1. The van der Waals surface area contributed by atoms with Crippen LogP contribution in [0.15, 0.2) is 12.4 Å². The lowest BCUT2D eigenvalue weighted by atomic mass is 10.4. The number of H-pyrrole nitrogens is 1. The molecule has 6 heteroatoms. The molecule has 0 unspecified atom stereocenters. The van der Waals surface area contributed by atoms with Gasteiger partial charge in [-0.2, -0.15) is 5.10 Å². The first-order valence-corrected chi connectivity index (χ1v) is 4.49. The molecule has 0 aliphatic heterocycles. The molecule has 0 fully saturated rings. The minimum Gasteiger partial charge on any atom is -0.302 e. The SMILES string of the molecule is Cc1cncc(-c2n[nH]c(=S)n2C)n1. The number of hydrogen-bond acceptors (Lipinski definition) is 4. The lowest BCUT2D eigenvalue weighted by Gasteiger charge is -1.99. The maximum Gasteiger partial charge on any atom is 0.195 e. The third-order valence-corrected chi connectivity index (χ3v) is 2.23. The molecule has 0 spiro atoms. The smallest absolute Gasteiger partial charge is 0.195 e. The van der Waals surface area contributed by atoms with E-state index >= 15 is 0 Å². The Balaban J connectivity index is 2.60. The number of aromatic amines is 1. The van der Waals surface area contributed by atoms with Crippen molar-refractivity contribution >= 4 is 12.2 Å². The lowest BCUT2D eigenvalue weighted by Crippen LogP contribution is -1.96. The van der Waals surface area contributed by atoms with E-state index in [4.69, 9.17) is 12.2 Å². The van der Waals surface area contributed by atoms with Gasteiger partial charge in [-0.25, -0.2) is 4.98 Å². The minimum atomic E-state index is 0.573. The highest BCUT2D eigenvalue weighted by molar-refractivity contribution is 7.71. The van der Waals surface area contributed by atoms with Gasteiger partial charge in [-0.1, -0.05) is 0 Å². The van der Waals surface area contributed by atoms with Gasteiger partial charge < -0.3 is 4.57 Å². The van der Waals surface area contributed by atoms with Crippen molar-refractivity contribution in [1.82, 2.24) is 24.7 Å². The molecule has 0 aliphatic carbocycles. The van der Waals surface area contributed by atoms with Crippen LogP contribution in [0.2, 0.25) is 0 Å². The third-order valence-electron chi connectivity index (χ3n) is 1.86. The molecule has 1 N–H and O–H groups in total. The van der Waals surface area contributed by atoms with Crippen LogP contribution < -0.4 is 0 Å². The zero-order valence-corrected chi connectivity index (χ0v) is 8.67. The molecular weight excluding hydrogens is 198 g/mol. The maximum absolute atomic E-state index is 5.00. The van der Waals surface area contributed by atoms with Crippen LogP contribution in [0, 0.1) is 11.7 Å². The van der Waals surface area contributed by atoms with Gasteiger partial charge in [0.05, 0.1) is 11.9 Å². The molecule has 2 aromatic heterocycles. The molecule has 0 aromatic carbocycles. The Morgan fingerprint density at radius 2 is 2.21 bits per heavy atom. The van der Waals surface area contributed by atoms with Crippen molar-refractivity contribution in [3.8, 4) is 11.5 Å². The number of rotatable bonds is 1. The first kappa shape index (κ1) is 9.01. The molecule has 2 heterocycles. The van der Waals surface area contributed by atoms with Crippen molar-refractivity contribution in [1.29, 1.82) is 0 Å². The van der Waals surface area contributed by atoms with Crippen LogP contribution >= 0.6 is 12.2 Å². The molecule has 0 atom stereocenters. The predicted molar refractivity (Wildman–Crippen MR) is 54.2 cm³/mol. The minimum absolute atomic E-state index is 0.573. The molecule has 72 valence electrons. The van der Waals surface area contributed by atoms with Crippen molar-refractivity contribution in [2.45, 2.75) is 6.92 Å². The highest BCUT2D eigenvalue weighted by Crippen LogP contribution is 2.11. The Bertz CT molecular complexity index is 512. The Morgan fingerprint density at radius 3 is 2.79 bits per heavy atom. The Labute approximate surface area is 85.8 Å². The summed E-state index contributed by atoms with van der Waals surface area (Å²) in [6.45, 7) is 1.89. The van der Waals surface area contributed by atoms with E-state index in [9.17, 15) is 0 Å². The lowest BCUT2D eigenvalue weighted by molar-refractivity contribution is 0.893. The first-order chi connectivity index (χ1) is 6.68. The molecule has 0 saturated carbocycles. The van der Waals surface area contributed by atoms with Gasteiger partial charge in [-0.05, 0) is 19.1 Å². The summed E-state index contributed by atoms with van der Waals surface area (Å²) >= 11 is 5.00. The summed E-state index contributed by atoms with van der Waals surface area (Å²) in [6.07, 6.45) is 3.36. The van der Waals surface area contributed by atoms with Gasteiger partial charge in [0.1, 0.15) is 5.69 Å². The number of nitrogens with one attached hydrogen (secondary N) is 1. The summed E-state index contributed by atoms with van der Waals surface area (Å²) < 4.78 is 2.34. The van der Waals surface area contributed by atoms with Crippen LogP contribution in [0.5, 0.6) is 0 Å². The average Bonchev–Trinajstić information content (AvgIpc) is 2.48. The van der Waals surface area contributed by atoms with Crippen molar-refractivity contribution in [2.24, 2.45) is 7.05 Å². The Kier molecular flexibility index (Phi) is 2.12. The van der Waals surface area contributed by atoms with Gasteiger partial charge in [-0.3, -0.25) is 10.1 Å². The van der Waals surface area contributed by atoms with Gasteiger partial charge in [0.15, 0.2) is 10.6 Å². The molecule has 2 rings (SSSR count). The van der Waals surface area contributed by atoms with Crippen LogP contribution in [0.1, 0.15) is 5.69 Å². The van der Waals surface area contributed by atoms with Gasteiger partial charge >= 0.3 is 0 Å². The van der Waals surface area contributed by atoms with E-state index in [1.807, 2.05) is 14.0 Å². The quantitative estimate of drug-likeness (QED) is 0.715. The number of aryl methyl sites for hydroxylation is 1. The Hall–Kier alpha value is -1.56. The van der Waals surface area contributed by atoms with E-state index in [1.165, 1.54) is 0 Å². The fourth-order valence-corrected chi connectivity index (χ4v) is 1.28. The average molecular weight is 207 g/mol. The second-order valence-corrected chi connectivity index (χ2v) is 3.34. The molecule has 0 radical (unpaired) electrons. The second kappa shape index (κ2) is 3.30. The second-order valence-electron chi connectivity index (χ2n) is 2.96. The normalized spacial score (nSPS) is 10.4. The van der Waals surface area contributed by atoms with Gasteiger partial charge in [0, 0.05) is 13.2 Å². The molecule has 5 nitrogen and oxygen atoms in total. The van der Waals surface area contributed by atoms with Crippen molar-refractivity contribution < 1.29 is 0 Å². The molecule has 2 aromatic rings.